The van der Waals surface area contributed by atoms with Gasteiger partial charge in [-0.3, -0.25) is 0 Å². The Morgan fingerprint density at radius 2 is 1.94 bits per heavy atom. The molecular formula is C12H17N2O3S+. The lowest BCUT2D eigenvalue weighted by atomic mass is 10.1. The van der Waals surface area contributed by atoms with Crippen LogP contribution in [0.15, 0.2) is 18.2 Å². The van der Waals surface area contributed by atoms with Crippen LogP contribution >= 0.6 is 0 Å². The van der Waals surface area contributed by atoms with E-state index in [4.69, 9.17) is 5.53 Å². The zero-order valence-electron chi connectivity index (χ0n) is 10.4. The summed E-state index contributed by atoms with van der Waals surface area (Å²) in [6, 6.07) is 4.66. The van der Waals surface area contributed by atoms with E-state index in [0.717, 1.165) is 15.2 Å². The second-order valence-corrected chi connectivity index (χ2v) is 7.27. The molecule has 0 saturated carbocycles. The molecule has 2 N–H and O–H groups in total. The van der Waals surface area contributed by atoms with Crippen LogP contribution in [0, 0.1) is 5.53 Å². The highest BCUT2D eigenvalue weighted by molar-refractivity contribution is 7.85. The Hall–Kier alpha value is -1.43. The molecule has 2 rings (SSSR count). The number of benzene rings is 1. The van der Waals surface area contributed by atoms with Crippen LogP contribution in [-0.4, -0.2) is 28.9 Å². The number of phenols is 1. The minimum absolute atomic E-state index is 0.178. The Morgan fingerprint density at radius 3 is 2.56 bits per heavy atom. The van der Waals surface area contributed by atoms with Gasteiger partial charge in [0.25, 0.3) is 0 Å². The van der Waals surface area contributed by atoms with Crippen molar-refractivity contribution in [3.63, 3.8) is 0 Å². The minimum atomic E-state index is -3.55. The monoisotopic (exact) mass is 269 g/mol. The van der Waals surface area contributed by atoms with Gasteiger partial charge in [-0.05, 0) is 46.7 Å². The van der Waals surface area contributed by atoms with Crippen molar-refractivity contribution in [2.24, 2.45) is 0 Å². The number of phenolic OH excluding ortho intramolecular Hbond substituents is 1. The normalized spacial score (nSPS) is 18.9. The van der Waals surface area contributed by atoms with Crippen LogP contribution in [0.4, 0.5) is 0 Å². The molecule has 1 aliphatic carbocycles. The Morgan fingerprint density at radius 1 is 1.33 bits per heavy atom. The van der Waals surface area contributed by atoms with E-state index in [-0.39, 0.29) is 11.8 Å². The summed E-state index contributed by atoms with van der Waals surface area (Å²) < 4.78 is 24.6. The molecule has 0 heterocycles. The first-order valence-corrected chi connectivity index (χ1v) is 7.38. The first-order chi connectivity index (χ1) is 8.32. The molecule has 0 bridgehead atoms. The van der Waals surface area contributed by atoms with Gasteiger partial charge in [0.2, 0.25) is 6.04 Å². The Kier molecular flexibility index (Phi) is 3.14. The minimum Gasteiger partial charge on any atom is -0.508 e. The van der Waals surface area contributed by atoms with Crippen molar-refractivity contribution < 1.29 is 17.6 Å². The predicted octanol–water partition coefficient (Wildman–Crippen LogP) is 1.64. The number of nitrogens with zero attached hydrogens (tertiary/aromatic N) is 1. The molecule has 5 nitrogen and oxygen atoms in total. The van der Waals surface area contributed by atoms with Gasteiger partial charge >= 0.3 is 10.0 Å². The fourth-order valence-corrected chi connectivity index (χ4v) is 3.20. The lowest BCUT2D eigenvalue weighted by molar-refractivity contribution is -0.506. The molecule has 0 radical (unpaired) electrons. The molecule has 1 unspecified atom stereocenters. The van der Waals surface area contributed by atoms with Gasteiger partial charge in [0.15, 0.2) is 0 Å². The van der Waals surface area contributed by atoms with Crippen molar-refractivity contribution >= 4 is 10.0 Å². The molecule has 1 aromatic carbocycles. The predicted molar refractivity (Wildman–Crippen MR) is 66.3 cm³/mol. The zero-order chi connectivity index (χ0) is 13.5. The van der Waals surface area contributed by atoms with Crippen LogP contribution in [0.3, 0.4) is 0 Å². The third kappa shape index (κ3) is 2.12. The van der Waals surface area contributed by atoms with E-state index in [1.807, 2.05) is 0 Å². The van der Waals surface area contributed by atoms with Gasteiger partial charge in [-0.1, -0.05) is 6.07 Å². The average Bonchev–Trinajstić information content (AvgIpc) is 2.70. The molecule has 0 fully saturated rings. The summed E-state index contributed by atoms with van der Waals surface area (Å²) in [4.78, 5) is 0. The van der Waals surface area contributed by atoms with Crippen molar-refractivity contribution in [1.82, 2.24) is 0 Å². The van der Waals surface area contributed by atoms with E-state index in [2.05, 4.69) is 0 Å². The van der Waals surface area contributed by atoms with Gasteiger partial charge in [-0.2, -0.15) is 8.42 Å². The fraction of sp³-hybridized carbons (Fsp3) is 0.500. The smallest absolute Gasteiger partial charge is 0.389 e. The number of rotatable bonds is 3. The van der Waals surface area contributed by atoms with Crippen molar-refractivity contribution in [1.29, 1.82) is 5.53 Å². The third-order valence-corrected chi connectivity index (χ3v) is 5.34. The maximum absolute atomic E-state index is 11.9. The summed E-state index contributed by atoms with van der Waals surface area (Å²) in [5.41, 5.74) is 9.75. The van der Waals surface area contributed by atoms with Gasteiger partial charge in [0, 0.05) is 12.8 Å². The molecule has 0 spiro atoms. The highest BCUT2D eigenvalue weighted by atomic mass is 32.2. The largest absolute Gasteiger partial charge is 0.508 e. The van der Waals surface area contributed by atoms with E-state index in [1.54, 1.807) is 32.0 Å². The van der Waals surface area contributed by atoms with Crippen LogP contribution in [0.25, 0.3) is 0 Å². The summed E-state index contributed by atoms with van der Waals surface area (Å²) in [5, 5.41) is 8.80. The first-order valence-electron chi connectivity index (χ1n) is 5.87. The standard InChI is InChI=1S/C12H16N2O3S/c1-8(2)18(16,17)14(13)11-5-9-3-4-12(15)7-10(9)6-11/h3-4,7-8,11,13H,5-6H2,1-2H3/p+1. The van der Waals surface area contributed by atoms with E-state index in [0.29, 0.717) is 12.8 Å². The van der Waals surface area contributed by atoms with Crippen molar-refractivity contribution in [2.45, 2.75) is 38.0 Å². The number of hydrogen-bond donors (Lipinski definition) is 2. The highest BCUT2D eigenvalue weighted by Gasteiger charge is 2.40. The van der Waals surface area contributed by atoms with Gasteiger partial charge in [-0.25, -0.2) is 0 Å². The second-order valence-electron chi connectivity index (χ2n) is 4.90. The molecule has 6 heteroatoms. The fourth-order valence-electron chi connectivity index (χ4n) is 2.18. The average molecular weight is 269 g/mol. The quantitative estimate of drug-likeness (QED) is 0.646. The summed E-state index contributed by atoms with van der Waals surface area (Å²) in [7, 11) is -3.55. The molecule has 18 heavy (non-hydrogen) atoms. The lowest BCUT2D eigenvalue weighted by Crippen LogP contribution is -2.34. The van der Waals surface area contributed by atoms with Gasteiger partial charge in [-0.15, -0.1) is 0 Å². The topological polar surface area (TPSA) is 81.2 Å². The zero-order valence-corrected chi connectivity index (χ0v) is 11.2. The molecule has 1 aromatic rings. The molecule has 98 valence electrons. The number of nitrogens with one attached hydrogen (secondary N) is 1. The van der Waals surface area contributed by atoms with Crippen molar-refractivity contribution in [3.8, 4) is 5.75 Å². The maximum Gasteiger partial charge on any atom is 0.389 e. The van der Waals surface area contributed by atoms with E-state index < -0.39 is 15.3 Å². The number of sulfonamides is 1. The van der Waals surface area contributed by atoms with Crippen LogP contribution in [0.1, 0.15) is 25.0 Å². The third-order valence-electron chi connectivity index (χ3n) is 3.30. The number of fused-ring (bicyclic) bond motifs is 1. The summed E-state index contributed by atoms with van der Waals surface area (Å²) >= 11 is 0. The first kappa shape index (κ1) is 13.0. The summed E-state index contributed by atoms with van der Waals surface area (Å²) in [6.07, 6.45) is 1.02. The molecular weight excluding hydrogens is 252 g/mol. The van der Waals surface area contributed by atoms with E-state index in [9.17, 15) is 13.5 Å². The SMILES string of the molecule is CC(C)S(=O)(=O)[N+](=N)C1Cc2ccc(O)cc2C1. The van der Waals surface area contributed by atoms with Gasteiger partial charge in [0.05, 0.1) is 0 Å². The maximum atomic E-state index is 11.9. The van der Waals surface area contributed by atoms with Crippen molar-refractivity contribution in [2.75, 3.05) is 0 Å². The molecule has 0 aliphatic heterocycles. The number of hydrogen-bond acceptors (Lipinski definition) is 4. The molecule has 1 aliphatic rings. The Balaban J connectivity index is 2.24. The Labute approximate surface area is 107 Å². The number of aromatic hydroxyl groups is 1. The molecule has 0 aromatic heterocycles. The second kappa shape index (κ2) is 4.35. The van der Waals surface area contributed by atoms with Crippen molar-refractivity contribution in [3.05, 3.63) is 29.3 Å². The highest BCUT2D eigenvalue weighted by Crippen LogP contribution is 2.28. The Bertz CT molecular complexity index is 593. The van der Waals surface area contributed by atoms with Crippen LogP contribution < -0.4 is 0 Å². The lowest BCUT2D eigenvalue weighted by Gasteiger charge is -2.07. The summed E-state index contributed by atoms with van der Waals surface area (Å²) in [5.74, 6) is 0.178. The van der Waals surface area contributed by atoms with Crippen LogP contribution in [-0.2, 0) is 22.9 Å². The summed E-state index contributed by atoms with van der Waals surface area (Å²) in [6.45, 7) is 3.15. The molecule has 0 saturated heterocycles. The van der Waals surface area contributed by atoms with Gasteiger partial charge < -0.3 is 5.11 Å². The van der Waals surface area contributed by atoms with E-state index in [1.165, 1.54) is 0 Å². The molecule has 0 amide bonds. The van der Waals surface area contributed by atoms with E-state index >= 15 is 0 Å². The molecule has 1 atom stereocenters. The van der Waals surface area contributed by atoms with Crippen LogP contribution in [0.5, 0.6) is 5.75 Å². The van der Waals surface area contributed by atoms with Gasteiger partial charge in [0.1, 0.15) is 11.0 Å². The van der Waals surface area contributed by atoms with Crippen LogP contribution in [0.2, 0.25) is 0 Å².